The van der Waals surface area contributed by atoms with Gasteiger partial charge in [-0.2, -0.15) is 18.2 Å². The molecular weight excluding hydrogens is 583 g/mol. The molecule has 0 bridgehead atoms. The molecule has 0 saturated heterocycles. The number of thiophene rings is 1. The number of nitrogens with one attached hydrogen (secondary N) is 1. The molecule has 0 saturated carbocycles. The molecule has 0 spiro atoms. The highest BCUT2D eigenvalue weighted by Gasteiger charge is 2.43. The smallest absolute Gasteiger partial charge is 0.378 e. The van der Waals surface area contributed by atoms with Gasteiger partial charge in [-0.3, -0.25) is 9.78 Å². The average molecular weight is 604 g/mol. The van der Waals surface area contributed by atoms with Crippen molar-refractivity contribution in [2.45, 2.75) is 18.8 Å². The first-order chi connectivity index (χ1) is 20.8. The lowest BCUT2D eigenvalue weighted by molar-refractivity contribution is -0.137. The Morgan fingerprint density at radius 2 is 1.67 bits per heavy atom. The number of alkyl halides is 3. The van der Waals surface area contributed by atoms with Gasteiger partial charge < -0.3 is 19.5 Å². The summed E-state index contributed by atoms with van der Waals surface area (Å²) in [6.45, 7) is 0.227. The monoisotopic (exact) mass is 603 g/mol. The van der Waals surface area contributed by atoms with Crippen molar-refractivity contribution < 1.29 is 32.1 Å². The number of aliphatic hydroxyl groups is 1. The molecule has 6 rings (SSSR count). The fourth-order valence-corrected chi connectivity index (χ4v) is 5.21. The molecule has 6 aromatic rings. The summed E-state index contributed by atoms with van der Waals surface area (Å²) in [5.41, 5.74) is 0.196. The maximum absolute atomic E-state index is 14.0. The Bertz CT molecular complexity index is 1850. The van der Waals surface area contributed by atoms with Crippen molar-refractivity contribution in [3.8, 4) is 44.9 Å². The second kappa shape index (κ2) is 11.6. The van der Waals surface area contributed by atoms with Crippen LogP contribution in [0.3, 0.4) is 0 Å². The molecule has 1 atom stereocenters. The number of rotatable bonds is 8. The largest absolute Gasteiger partial charge is 0.422 e. The minimum Gasteiger partial charge on any atom is -0.378 e. The normalized spacial score (nSPS) is 12.3. The van der Waals surface area contributed by atoms with E-state index in [9.17, 15) is 23.1 Å². The van der Waals surface area contributed by atoms with Gasteiger partial charge in [0.05, 0.1) is 17.1 Å². The molecule has 0 aliphatic rings. The van der Waals surface area contributed by atoms with Crippen LogP contribution in [0, 0.1) is 0 Å². The van der Waals surface area contributed by atoms with Crippen LogP contribution in [0.15, 0.2) is 100 Å². The Labute approximate surface area is 245 Å². The summed E-state index contributed by atoms with van der Waals surface area (Å²) < 4.78 is 52.1. The average Bonchev–Trinajstić information content (AvgIpc) is 3.80. The number of nitrogens with zero attached hydrogens (tertiary/aromatic N) is 4. The van der Waals surface area contributed by atoms with Crippen LogP contribution in [0.25, 0.3) is 44.9 Å². The standard InChI is InChI=1S/C30H20F3N5O4S/c31-30(32,33)23-24(17-6-2-1-3-7-17)37-41-26(23)29-36-27(38-42-29)19-11-9-18(10-12-19)25(39)28(40)35-16-20-13-14-22(43-20)21-8-4-5-15-34-21/h1-15,25,39H,16H2,(H,35,40). The lowest BCUT2D eigenvalue weighted by Gasteiger charge is -2.11. The van der Waals surface area contributed by atoms with Crippen LogP contribution in [0.2, 0.25) is 0 Å². The Balaban J connectivity index is 1.14. The van der Waals surface area contributed by atoms with Gasteiger partial charge in [0.25, 0.3) is 11.8 Å². The maximum atomic E-state index is 14.0. The fraction of sp³-hybridized carbons (Fsp3) is 0.100. The summed E-state index contributed by atoms with van der Waals surface area (Å²) in [7, 11) is 0. The van der Waals surface area contributed by atoms with Crippen LogP contribution in [0.4, 0.5) is 13.2 Å². The van der Waals surface area contributed by atoms with Crippen LogP contribution in [0.1, 0.15) is 22.1 Å². The SMILES string of the molecule is O=C(NCc1ccc(-c2ccccn2)s1)C(O)c1ccc(-c2noc(-c3onc(-c4ccccc4)c3C(F)(F)F)n2)cc1. The minimum absolute atomic E-state index is 0.0207. The van der Waals surface area contributed by atoms with E-state index in [1.807, 2.05) is 30.3 Å². The van der Waals surface area contributed by atoms with Crippen LogP contribution < -0.4 is 5.32 Å². The predicted octanol–water partition coefficient (Wildman–Crippen LogP) is 6.55. The molecule has 1 unspecified atom stereocenters. The molecule has 13 heteroatoms. The third kappa shape index (κ3) is 5.94. The number of aliphatic hydroxyl groups excluding tert-OH is 1. The third-order valence-electron chi connectivity index (χ3n) is 6.39. The number of carbonyl (C=O) groups is 1. The topological polar surface area (TPSA) is 127 Å². The number of hydrogen-bond donors (Lipinski definition) is 2. The summed E-state index contributed by atoms with van der Waals surface area (Å²) in [5.74, 6) is -1.82. The number of pyridine rings is 1. The molecule has 1 amide bonds. The van der Waals surface area contributed by atoms with Crippen LogP contribution in [0.5, 0.6) is 0 Å². The second-order valence-electron chi connectivity index (χ2n) is 9.25. The number of amides is 1. The van der Waals surface area contributed by atoms with Crippen molar-refractivity contribution in [1.29, 1.82) is 0 Å². The lowest BCUT2D eigenvalue weighted by atomic mass is 10.1. The zero-order valence-corrected chi connectivity index (χ0v) is 22.8. The predicted molar refractivity (Wildman–Crippen MR) is 150 cm³/mol. The first-order valence-corrected chi connectivity index (χ1v) is 13.6. The van der Waals surface area contributed by atoms with E-state index >= 15 is 0 Å². The van der Waals surface area contributed by atoms with Crippen molar-refractivity contribution in [1.82, 2.24) is 25.6 Å². The second-order valence-corrected chi connectivity index (χ2v) is 10.4. The van der Waals surface area contributed by atoms with Gasteiger partial charge in [-0.05, 0) is 29.8 Å². The van der Waals surface area contributed by atoms with Crippen LogP contribution in [-0.2, 0) is 17.5 Å². The lowest BCUT2D eigenvalue weighted by Crippen LogP contribution is -2.28. The van der Waals surface area contributed by atoms with Gasteiger partial charge in [0.15, 0.2) is 6.10 Å². The van der Waals surface area contributed by atoms with E-state index in [1.54, 1.807) is 24.4 Å². The Kier molecular flexibility index (Phi) is 7.57. The molecule has 43 heavy (non-hydrogen) atoms. The van der Waals surface area contributed by atoms with E-state index in [0.717, 1.165) is 15.4 Å². The highest BCUT2D eigenvalue weighted by Crippen LogP contribution is 2.43. The summed E-state index contributed by atoms with van der Waals surface area (Å²) in [6, 6.07) is 23.2. The van der Waals surface area contributed by atoms with E-state index in [4.69, 9.17) is 9.05 Å². The Morgan fingerprint density at radius 1 is 0.907 bits per heavy atom. The van der Waals surface area contributed by atoms with E-state index < -0.39 is 41.1 Å². The van der Waals surface area contributed by atoms with Crippen molar-refractivity contribution in [3.63, 3.8) is 0 Å². The van der Waals surface area contributed by atoms with E-state index in [-0.39, 0.29) is 17.9 Å². The van der Waals surface area contributed by atoms with Gasteiger partial charge in [0, 0.05) is 22.2 Å². The molecule has 2 aromatic carbocycles. The van der Waals surface area contributed by atoms with Gasteiger partial charge in [0.1, 0.15) is 11.3 Å². The van der Waals surface area contributed by atoms with Crippen LogP contribution in [-0.4, -0.2) is 31.3 Å². The molecule has 0 fully saturated rings. The Hall–Kier alpha value is -5.14. The third-order valence-corrected chi connectivity index (χ3v) is 7.50. The number of hydrogen-bond acceptors (Lipinski definition) is 9. The van der Waals surface area contributed by atoms with Gasteiger partial charge >= 0.3 is 6.18 Å². The Morgan fingerprint density at radius 3 is 2.40 bits per heavy atom. The molecule has 9 nitrogen and oxygen atoms in total. The summed E-state index contributed by atoms with van der Waals surface area (Å²) in [6.07, 6.45) is -4.55. The van der Waals surface area contributed by atoms with Gasteiger partial charge in [-0.15, -0.1) is 11.3 Å². The zero-order chi connectivity index (χ0) is 30.0. The van der Waals surface area contributed by atoms with Crippen molar-refractivity contribution >= 4 is 17.2 Å². The van der Waals surface area contributed by atoms with E-state index in [2.05, 4.69) is 25.6 Å². The van der Waals surface area contributed by atoms with E-state index in [1.165, 1.54) is 47.7 Å². The summed E-state index contributed by atoms with van der Waals surface area (Å²) in [4.78, 5) is 22.8. The quantitative estimate of drug-likeness (QED) is 0.201. The van der Waals surface area contributed by atoms with Crippen LogP contribution >= 0.6 is 11.3 Å². The minimum atomic E-state index is -4.81. The summed E-state index contributed by atoms with van der Waals surface area (Å²) >= 11 is 1.48. The molecule has 0 aliphatic heterocycles. The number of benzene rings is 2. The van der Waals surface area contributed by atoms with Gasteiger partial charge in [-0.1, -0.05) is 71.0 Å². The van der Waals surface area contributed by atoms with E-state index in [0.29, 0.717) is 11.1 Å². The number of aromatic nitrogens is 4. The molecule has 0 radical (unpaired) electrons. The van der Waals surface area contributed by atoms with Crippen molar-refractivity contribution in [3.05, 3.63) is 107 Å². The molecular formula is C30H20F3N5O4S. The van der Waals surface area contributed by atoms with Crippen molar-refractivity contribution in [2.75, 3.05) is 0 Å². The number of carbonyl (C=O) groups excluding carboxylic acids is 1. The van der Waals surface area contributed by atoms with Gasteiger partial charge in [-0.25, -0.2) is 0 Å². The molecule has 2 N–H and O–H groups in total. The van der Waals surface area contributed by atoms with Gasteiger partial charge in [0.2, 0.25) is 11.6 Å². The molecule has 4 aromatic heterocycles. The first kappa shape index (κ1) is 28.0. The van der Waals surface area contributed by atoms with Crippen molar-refractivity contribution in [2.24, 2.45) is 0 Å². The highest BCUT2D eigenvalue weighted by molar-refractivity contribution is 7.15. The fourth-order valence-electron chi connectivity index (χ4n) is 4.28. The first-order valence-electron chi connectivity index (χ1n) is 12.8. The molecule has 216 valence electrons. The maximum Gasteiger partial charge on any atom is 0.422 e. The number of halogens is 3. The zero-order valence-electron chi connectivity index (χ0n) is 21.9. The molecule has 4 heterocycles. The molecule has 0 aliphatic carbocycles. The highest BCUT2D eigenvalue weighted by atomic mass is 32.1. The summed E-state index contributed by atoms with van der Waals surface area (Å²) in [5, 5.41) is 20.7.